The van der Waals surface area contributed by atoms with Gasteiger partial charge in [0.1, 0.15) is 11.6 Å². The van der Waals surface area contributed by atoms with Crippen LogP contribution in [0, 0.1) is 5.82 Å². The molecule has 1 aliphatic heterocycles. The van der Waals surface area contributed by atoms with Crippen LogP contribution in [0.5, 0.6) is 5.75 Å². The standard InChI is InChI=1S/C16H22FN3O3/c1-3-18-16(22)20-8-6-12(7-9-20)19-15(21)13-10-11(17)4-5-14(13)23-2/h4-5,10,12H,3,6-9H2,1-2H3,(H,18,22)(H,19,21). The molecule has 1 fully saturated rings. The average molecular weight is 323 g/mol. The van der Waals surface area contributed by atoms with Crippen LogP contribution in [0.1, 0.15) is 30.1 Å². The Hall–Kier alpha value is -2.31. The van der Waals surface area contributed by atoms with E-state index in [4.69, 9.17) is 4.74 Å². The molecule has 126 valence electrons. The molecule has 1 saturated heterocycles. The maximum Gasteiger partial charge on any atom is 0.317 e. The number of rotatable bonds is 4. The molecule has 0 aromatic heterocycles. The molecule has 7 heteroatoms. The van der Waals surface area contributed by atoms with Crippen molar-refractivity contribution in [2.45, 2.75) is 25.8 Å². The Balaban J connectivity index is 1.93. The third-order valence-corrected chi connectivity index (χ3v) is 3.85. The second-order valence-corrected chi connectivity index (χ2v) is 5.41. The number of ether oxygens (including phenoxy) is 1. The van der Waals surface area contributed by atoms with E-state index in [9.17, 15) is 14.0 Å². The monoisotopic (exact) mass is 323 g/mol. The molecule has 0 atom stereocenters. The molecule has 0 unspecified atom stereocenters. The molecule has 2 N–H and O–H groups in total. The molecular weight excluding hydrogens is 301 g/mol. The molecule has 3 amide bonds. The van der Waals surface area contributed by atoms with Crippen LogP contribution in [0.25, 0.3) is 0 Å². The zero-order valence-corrected chi connectivity index (χ0v) is 13.4. The van der Waals surface area contributed by atoms with Gasteiger partial charge in [0.15, 0.2) is 0 Å². The highest BCUT2D eigenvalue weighted by Crippen LogP contribution is 2.20. The van der Waals surface area contributed by atoms with E-state index in [1.807, 2.05) is 6.92 Å². The van der Waals surface area contributed by atoms with Crippen LogP contribution in [0.3, 0.4) is 0 Å². The number of urea groups is 1. The van der Waals surface area contributed by atoms with E-state index in [1.165, 1.54) is 19.2 Å². The van der Waals surface area contributed by atoms with Gasteiger partial charge in [0.05, 0.1) is 12.7 Å². The zero-order chi connectivity index (χ0) is 16.8. The van der Waals surface area contributed by atoms with Crippen LogP contribution >= 0.6 is 0 Å². The molecule has 1 aromatic carbocycles. The van der Waals surface area contributed by atoms with Gasteiger partial charge >= 0.3 is 6.03 Å². The lowest BCUT2D eigenvalue weighted by Crippen LogP contribution is -2.49. The van der Waals surface area contributed by atoms with Crippen molar-refractivity contribution in [3.05, 3.63) is 29.6 Å². The number of methoxy groups -OCH3 is 1. The second-order valence-electron chi connectivity index (χ2n) is 5.41. The Kier molecular flexibility index (Phi) is 5.78. The fourth-order valence-electron chi connectivity index (χ4n) is 2.61. The third-order valence-electron chi connectivity index (χ3n) is 3.85. The first kappa shape index (κ1) is 17.1. The third kappa shape index (κ3) is 4.34. The van der Waals surface area contributed by atoms with Gasteiger partial charge in [0, 0.05) is 25.7 Å². The van der Waals surface area contributed by atoms with E-state index >= 15 is 0 Å². The van der Waals surface area contributed by atoms with Crippen LogP contribution in [0.4, 0.5) is 9.18 Å². The number of likely N-dealkylation sites (tertiary alicyclic amines) is 1. The van der Waals surface area contributed by atoms with Crippen molar-refractivity contribution in [1.29, 1.82) is 0 Å². The summed E-state index contributed by atoms with van der Waals surface area (Å²) in [6.45, 7) is 3.63. The van der Waals surface area contributed by atoms with E-state index in [0.717, 1.165) is 6.07 Å². The van der Waals surface area contributed by atoms with Crippen LogP contribution < -0.4 is 15.4 Å². The number of carbonyl (C=O) groups is 2. The highest BCUT2D eigenvalue weighted by atomic mass is 19.1. The second kappa shape index (κ2) is 7.80. The minimum atomic E-state index is -0.484. The molecule has 1 aromatic rings. The van der Waals surface area contributed by atoms with Gasteiger partial charge in [-0.25, -0.2) is 9.18 Å². The predicted molar refractivity (Wildman–Crippen MR) is 84.1 cm³/mol. The molecule has 23 heavy (non-hydrogen) atoms. The summed E-state index contributed by atoms with van der Waals surface area (Å²) in [4.78, 5) is 25.8. The first-order valence-corrected chi connectivity index (χ1v) is 7.72. The van der Waals surface area contributed by atoms with E-state index in [2.05, 4.69) is 10.6 Å². The molecule has 1 heterocycles. The van der Waals surface area contributed by atoms with Crippen LogP contribution in [-0.2, 0) is 0 Å². The largest absolute Gasteiger partial charge is 0.496 e. The van der Waals surface area contributed by atoms with Gasteiger partial charge in [-0.2, -0.15) is 0 Å². The summed E-state index contributed by atoms with van der Waals surface area (Å²) >= 11 is 0. The molecule has 0 bridgehead atoms. The Bertz CT molecular complexity index is 572. The minimum absolute atomic E-state index is 0.0406. The van der Waals surface area contributed by atoms with Crippen molar-refractivity contribution >= 4 is 11.9 Å². The summed E-state index contributed by atoms with van der Waals surface area (Å²) in [5.74, 6) is -0.511. The number of hydrogen-bond acceptors (Lipinski definition) is 3. The molecular formula is C16H22FN3O3. The van der Waals surface area contributed by atoms with Crippen molar-refractivity contribution in [1.82, 2.24) is 15.5 Å². The Morgan fingerprint density at radius 3 is 2.65 bits per heavy atom. The first-order chi connectivity index (χ1) is 11.0. The molecule has 0 spiro atoms. The fraction of sp³-hybridized carbons (Fsp3) is 0.500. The summed E-state index contributed by atoms with van der Waals surface area (Å²) in [7, 11) is 1.44. The van der Waals surface area contributed by atoms with Crippen molar-refractivity contribution in [2.75, 3.05) is 26.7 Å². The summed E-state index contributed by atoms with van der Waals surface area (Å²) in [5, 5.41) is 5.64. The maximum atomic E-state index is 13.3. The fourth-order valence-corrected chi connectivity index (χ4v) is 2.61. The normalized spacial score (nSPS) is 15.2. The summed E-state index contributed by atoms with van der Waals surface area (Å²) in [6, 6.07) is 3.73. The lowest BCUT2D eigenvalue weighted by molar-refractivity contribution is 0.0914. The minimum Gasteiger partial charge on any atom is -0.496 e. The Morgan fingerprint density at radius 1 is 1.35 bits per heavy atom. The van der Waals surface area contributed by atoms with Gasteiger partial charge in [-0.3, -0.25) is 4.79 Å². The number of carbonyl (C=O) groups excluding carboxylic acids is 2. The van der Waals surface area contributed by atoms with Crippen LogP contribution in [0.2, 0.25) is 0 Å². The smallest absolute Gasteiger partial charge is 0.317 e. The van der Waals surface area contributed by atoms with Gasteiger partial charge in [-0.1, -0.05) is 0 Å². The number of piperidine rings is 1. The molecule has 0 radical (unpaired) electrons. The number of benzene rings is 1. The van der Waals surface area contributed by atoms with Crippen molar-refractivity contribution in [2.24, 2.45) is 0 Å². The van der Waals surface area contributed by atoms with Gasteiger partial charge in [0.25, 0.3) is 5.91 Å². The SMILES string of the molecule is CCNC(=O)N1CCC(NC(=O)c2cc(F)ccc2OC)CC1. The van der Waals surface area contributed by atoms with Crippen molar-refractivity contribution in [3.63, 3.8) is 0 Å². The lowest BCUT2D eigenvalue weighted by Gasteiger charge is -2.32. The highest BCUT2D eigenvalue weighted by Gasteiger charge is 2.24. The maximum absolute atomic E-state index is 13.3. The van der Waals surface area contributed by atoms with E-state index in [-0.39, 0.29) is 23.5 Å². The summed E-state index contributed by atoms with van der Waals surface area (Å²) in [6.07, 6.45) is 1.33. The number of nitrogens with zero attached hydrogens (tertiary/aromatic N) is 1. The summed E-state index contributed by atoms with van der Waals surface area (Å²) in [5.41, 5.74) is 0.179. The Morgan fingerprint density at radius 2 is 2.04 bits per heavy atom. The topological polar surface area (TPSA) is 70.7 Å². The van der Waals surface area contributed by atoms with E-state index in [0.29, 0.717) is 38.2 Å². The first-order valence-electron chi connectivity index (χ1n) is 7.72. The van der Waals surface area contributed by atoms with Crippen molar-refractivity contribution in [3.8, 4) is 5.75 Å². The van der Waals surface area contributed by atoms with Crippen molar-refractivity contribution < 1.29 is 18.7 Å². The van der Waals surface area contributed by atoms with Gasteiger partial charge in [-0.05, 0) is 38.0 Å². The quantitative estimate of drug-likeness (QED) is 0.887. The number of halogens is 1. The number of hydrogen-bond donors (Lipinski definition) is 2. The Labute approximate surface area is 135 Å². The van der Waals surface area contributed by atoms with Crippen LogP contribution in [-0.4, -0.2) is 49.6 Å². The van der Waals surface area contributed by atoms with E-state index < -0.39 is 5.82 Å². The molecule has 0 saturated carbocycles. The van der Waals surface area contributed by atoms with Gasteiger partial charge in [0.2, 0.25) is 0 Å². The number of nitrogens with one attached hydrogen (secondary N) is 2. The van der Waals surface area contributed by atoms with Crippen LogP contribution in [0.15, 0.2) is 18.2 Å². The zero-order valence-electron chi connectivity index (χ0n) is 13.4. The molecule has 6 nitrogen and oxygen atoms in total. The number of amides is 3. The molecule has 1 aliphatic rings. The van der Waals surface area contributed by atoms with E-state index in [1.54, 1.807) is 4.90 Å². The molecule has 0 aliphatic carbocycles. The van der Waals surface area contributed by atoms with Gasteiger partial charge < -0.3 is 20.3 Å². The summed E-state index contributed by atoms with van der Waals surface area (Å²) < 4.78 is 18.4. The predicted octanol–water partition coefficient (Wildman–Crippen LogP) is 1.76. The highest BCUT2D eigenvalue weighted by molar-refractivity contribution is 5.97. The average Bonchev–Trinajstić information content (AvgIpc) is 2.55. The van der Waals surface area contributed by atoms with Gasteiger partial charge in [-0.15, -0.1) is 0 Å². The molecule has 2 rings (SSSR count). The lowest BCUT2D eigenvalue weighted by atomic mass is 10.0.